The fourth-order valence-electron chi connectivity index (χ4n) is 2.96. The number of benzene rings is 1. The van der Waals surface area contributed by atoms with Crippen molar-refractivity contribution >= 4 is 0 Å². The van der Waals surface area contributed by atoms with Gasteiger partial charge in [0.1, 0.15) is 0 Å². The smallest absolute Gasteiger partial charge is 0.0589 e. The molecule has 1 aromatic carbocycles. The third kappa shape index (κ3) is 3.35. The lowest BCUT2D eigenvalue weighted by Gasteiger charge is -2.40. The van der Waals surface area contributed by atoms with Gasteiger partial charge >= 0.3 is 0 Å². The van der Waals surface area contributed by atoms with Gasteiger partial charge in [-0.2, -0.15) is 0 Å². The molecule has 1 aliphatic rings. The van der Waals surface area contributed by atoms with Crippen LogP contribution in [0.2, 0.25) is 0 Å². The van der Waals surface area contributed by atoms with E-state index in [0.29, 0.717) is 6.04 Å². The molecule has 1 aromatic rings. The van der Waals surface area contributed by atoms with Gasteiger partial charge in [-0.25, -0.2) is 0 Å². The molecule has 0 bridgehead atoms. The number of methoxy groups -OCH3 is 1. The van der Waals surface area contributed by atoms with Crippen LogP contribution in [0.4, 0.5) is 0 Å². The largest absolute Gasteiger partial charge is 0.383 e. The summed E-state index contributed by atoms with van der Waals surface area (Å²) in [4.78, 5) is 2.47. The number of hydrogen-bond donors (Lipinski definition) is 1. The maximum atomic E-state index is 6.38. The molecule has 106 valence electrons. The molecule has 2 atom stereocenters. The van der Waals surface area contributed by atoms with Crippen LogP contribution in [0.25, 0.3) is 0 Å². The van der Waals surface area contributed by atoms with Gasteiger partial charge in [-0.1, -0.05) is 18.2 Å². The Hall–Kier alpha value is -0.900. The van der Waals surface area contributed by atoms with E-state index in [1.807, 2.05) is 0 Å². The Labute approximate surface area is 116 Å². The Morgan fingerprint density at radius 2 is 2.11 bits per heavy atom. The quantitative estimate of drug-likeness (QED) is 0.905. The second kappa shape index (κ2) is 6.51. The van der Waals surface area contributed by atoms with Crippen molar-refractivity contribution in [1.29, 1.82) is 0 Å². The number of likely N-dealkylation sites (tertiary alicyclic amines) is 1. The highest BCUT2D eigenvalue weighted by atomic mass is 16.5. The standard InChI is InChI=1S/C16H26N2O/c1-12-6-7-14(11-13(12)2)16-15(17)5-4-8-18(16)9-10-19-3/h6-7,11,15-16H,4-5,8-10,17H2,1-3H3. The fraction of sp³-hybridized carbons (Fsp3) is 0.625. The molecule has 1 fully saturated rings. The van der Waals surface area contributed by atoms with E-state index in [9.17, 15) is 0 Å². The van der Waals surface area contributed by atoms with Gasteiger partial charge in [0, 0.05) is 25.7 Å². The third-order valence-electron chi connectivity index (χ3n) is 4.24. The molecule has 0 saturated carbocycles. The van der Waals surface area contributed by atoms with Gasteiger partial charge in [-0.15, -0.1) is 0 Å². The van der Waals surface area contributed by atoms with Crippen molar-refractivity contribution in [2.24, 2.45) is 5.73 Å². The molecular formula is C16H26N2O. The lowest BCUT2D eigenvalue weighted by molar-refractivity contribution is 0.0848. The topological polar surface area (TPSA) is 38.5 Å². The normalized spacial score (nSPS) is 24.6. The second-order valence-electron chi connectivity index (χ2n) is 5.62. The summed E-state index contributed by atoms with van der Waals surface area (Å²) < 4.78 is 5.22. The van der Waals surface area contributed by atoms with Crippen LogP contribution in [0, 0.1) is 13.8 Å². The number of ether oxygens (including phenoxy) is 1. The first kappa shape index (κ1) is 14.5. The van der Waals surface area contributed by atoms with Gasteiger partial charge in [0.05, 0.1) is 6.61 Å². The van der Waals surface area contributed by atoms with Gasteiger partial charge < -0.3 is 10.5 Å². The van der Waals surface area contributed by atoms with Gasteiger partial charge in [0.2, 0.25) is 0 Å². The first-order valence-electron chi connectivity index (χ1n) is 7.19. The van der Waals surface area contributed by atoms with Crippen LogP contribution in [0.5, 0.6) is 0 Å². The molecule has 1 aliphatic heterocycles. The maximum Gasteiger partial charge on any atom is 0.0589 e. The molecule has 19 heavy (non-hydrogen) atoms. The SMILES string of the molecule is COCCN1CCCC(N)C1c1ccc(C)c(C)c1. The predicted molar refractivity (Wildman–Crippen MR) is 79.3 cm³/mol. The summed E-state index contributed by atoms with van der Waals surface area (Å²) >= 11 is 0. The highest BCUT2D eigenvalue weighted by molar-refractivity contribution is 5.32. The fourth-order valence-corrected chi connectivity index (χ4v) is 2.96. The zero-order valence-electron chi connectivity index (χ0n) is 12.4. The van der Waals surface area contributed by atoms with Crippen molar-refractivity contribution < 1.29 is 4.74 Å². The highest BCUT2D eigenvalue weighted by Crippen LogP contribution is 2.30. The van der Waals surface area contributed by atoms with Crippen LogP contribution in [0.1, 0.15) is 35.6 Å². The van der Waals surface area contributed by atoms with E-state index in [1.54, 1.807) is 7.11 Å². The van der Waals surface area contributed by atoms with Crippen LogP contribution < -0.4 is 5.73 Å². The summed E-state index contributed by atoms with van der Waals surface area (Å²) in [6.07, 6.45) is 2.30. The summed E-state index contributed by atoms with van der Waals surface area (Å²) in [5, 5.41) is 0. The van der Waals surface area contributed by atoms with E-state index >= 15 is 0 Å². The highest BCUT2D eigenvalue weighted by Gasteiger charge is 2.30. The van der Waals surface area contributed by atoms with E-state index in [1.165, 1.54) is 23.1 Å². The Kier molecular flexibility index (Phi) is 4.97. The molecule has 1 saturated heterocycles. The molecule has 0 aromatic heterocycles. The molecule has 1 heterocycles. The van der Waals surface area contributed by atoms with Crippen molar-refractivity contribution in [2.75, 3.05) is 26.8 Å². The molecule has 0 aliphatic carbocycles. The average molecular weight is 262 g/mol. The lowest BCUT2D eigenvalue weighted by atomic mass is 9.89. The molecule has 0 amide bonds. The van der Waals surface area contributed by atoms with Crippen molar-refractivity contribution in [2.45, 2.75) is 38.8 Å². The van der Waals surface area contributed by atoms with Crippen LogP contribution in [0.3, 0.4) is 0 Å². The van der Waals surface area contributed by atoms with E-state index < -0.39 is 0 Å². The van der Waals surface area contributed by atoms with Crippen molar-refractivity contribution in [3.63, 3.8) is 0 Å². The number of piperidine rings is 1. The van der Waals surface area contributed by atoms with Crippen molar-refractivity contribution in [3.05, 3.63) is 34.9 Å². The predicted octanol–water partition coefficient (Wildman–Crippen LogP) is 2.41. The summed E-state index contributed by atoms with van der Waals surface area (Å²) in [5.41, 5.74) is 10.4. The van der Waals surface area contributed by atoms with E-state index in [2.05, 4.69) is 36.9 Å². The molecule has 2 unspecified atom stereocenters. The van der Waals surface area contributed by atoms with Crippen LogP contribution >= 0.6 is 0 Å². The number of rotatable bonds is 4. The monoisotopic (exact) mass is 262 g/mol. The minimum Gasteiger partial charge on any atom is -0.383 e. The average Bonchev–Trinajstić information content (AvgIpc) is 2.40. The maximum absolute atomic E-state index is 6.38. The number of nitrogens with two attached hydrogens (primary N) is 1. The van der Waals surface area contributed by atoms with Crippen molar-refractivity contribution in [1.82, 2.24) is 4.90 Å². The van der Waals surface area contributed by atoms with Crippen LogP contribution in [-0.4, -0.2) is 37.7 Å². The molecule has 2 N–H and O–H groups in total. The van der Waals surface area contributed by atoms with Gasteiger partial charge in [0.15, 0.2) is 0 Å². The van der Waals surface area contributed by atoms with Crippen LogP contribution in [-0.2, 0) is 4.74 Å². The molecule has 3 heteroatoms. The van der Waals surface area contributed by atoms with Crippen molar-refractivity contribution in [3.8, 4) is 0 Å². The van der Waals surface area contributed by atoms with Gasteiger partial charge in [0.25, 0.3) is 0 Å². The number of hydrogen-bond acceptors (Lipinski definition) is 3. The Balaban J connectivity index is 2.22. The molecule has 2 rings (SSSR count). The minimum absolute atomic E-state index is 0.229. The Morgan fingerprint density at radius 1 is 1.32 bits per heavy atom. The van der Waals surface area contributed by atoms with E-state index in [-0.39, 0.29) is 6.04 Å². The van der Waals surface area contributed by atoms with Crippen LogP contribution in [0.15, 0.2) is 18.2 Å². The van der Waals surface area contributed by atoms with Gasteiger partial charge in [-0.3, -0.25) is 4.90 Å². The van der Waals surface area contributed by atoms with E-state index in [4.69, 9.17) is 10.5 Å². The minimum atomic E-state index is 0.229. The number of aryl methyl sites for hydroxylation is 2. The molecule has 0 spiro atoms. The zero-order valence-corrected chi connectivity index (χ0v) is 12.4. The van der Waals surface area contributed by atoms with Gasteiger partial charge in [-0.05, 0) is 49.9 Å². The first-order chi connectivity index (χ1) is 9.13. The Bertz CT molecular complexity index is 419. The first-order valence-corrected chi connectivity index (χ1v) is 7.19. The third-order valence-corrected chi connectivity index (χ3v) is 4.24. The number of nitrogens with zero attached hydrogens (tertiary/aromatic N) is 1. The zero-order chi connectivity index (χ0) is 13.8. The summed E-state index contributed by atoms with van der Waals surface area (Å²) in [5.74, 6) is 0. The summed E-state index contributed by atoms with van der Waals surface area (Å²) in [6, 6.07) is 7.31. The van der Waals surface area contributed by atoms with E-state index in [0.717, 1.165) is 26.1 Å². The molecular weight excluding hydrogens is 236 g/mol. The Morgan fingerprint density at radius 3 is 2.79 bits per heavy atom. The second-order valence-corrected chi connectivity index (χ2v) is 5.62. The lowest BCUT2D eigenvalue weighted by Crippen LogP contribution is -2.46. The summed E-state index contributed by atoms with van der Waals surface area (Å²) in [7, 11) is 1.76. The summed E-state index contributed by atoms with van der Waals surface area (Å²) in [6.45, 7) is 7.18. The molecule has 3 nitrogen and oxygen atoms in total. The molecule has 0 radical (unpaired) electrons.